The molecule has 1 unspecified atom stereocenters. The zero-order valence-corrected chi connectivity index (χ0v) is 10.7. The summed E-state index contributed by atoms with van der Waals surface area (Å²) < 4.78 is 5.59. The largest absolute Gasteiger partial charge is 0.479 e. The Kier molecular flexibility index (Phi) is 4.90. The van der Waals surface area contributed by atoms with Gasteiger partial charge in [-0.2, -0.15) is 0 Å². The maximum Gasteiger partial charge on any atom is 0.260 e. The minimum Gasteiger partial charge on any atom is -0.479 e. The van der Waals surface area contributed by atoms with Gasteiger partial charge in [0.15, 0.2) is 6.10 Å². The van der Waals surface area contributed by atoms with Crippen LogP contribution in [0.2, 0.25) is 0 Å². The average Bonchev–Trinajstić information content (AvgIpc) is 2.31. The smallest absolute Gasteiger partial charge is 0.260 e. The fraction of sp³-hybridized carbons (Fsp3) is 0.500. The van der Waals surface area contributed by atoms with E-state index >= 15 is 0 Å². The molecule has 1 rings (SSSR count). The first-order valence-electron chi connectivity index (χ1n) is 5.57. The van der Waals surface area contributed by atoms with Crippen molar-refractivity contribution in [2.45, 2.75) is 26.5 Å². The van der Waals surface area contributed by atoms with Crippen LogP contribution in [0.4, 0.5) is 0 Å². The van der Waals surface area contributed by atoms with Crippen LogP contribution < -0.4 is 15.4 Å². The summed E-state index contributed by atoms with van der Waals surface area (Å²) in [7, 11) is 3.43. The number of amides is 1. The zero-order chi connectivity index (χ0) is 12.8. The van der Waals surface area contributed by atoms with Crippen LogP contribution in [0.25, 0.3) is 0 Å². The molecule has 0 aliphatic rings. The van der Waals surface area contributed by atoms with Crippen molar-refractivity contribution in [1.29, 1.82) is 0 Å². The topological polar surface area (TPSA) is 63.3 Å². The molecule has 0 aromatic carbocycles. The van der Waals surface area contributed by atoms with Crippen molar-refractivity contribution in [2.75, 3.05) is 14.1 Å². The van der Waals surface area contributed by atoms with Crippen molar-refractivity contribution in [3.63, 3.8) is 0 Å². The fourth-order valence-electron chi connectivity index (χ4n) is 1.45. The number of likely N-dealkylation sites (N-methyl/N-ethyl adjacent to an activating group) is 1. The first kappa shape index (κ1) is 13.4. The van der Waals surface area contributed by atoms with Crippen LogP contribution in [0.1, 0.15) is 18.3 Å². The third kappa shape index (κ3) is 3.71. The van der Waals surface area contributed by atoms with Crippen LogP contribution in [0.3, 0.4) is 0 Å². The van der Waals surface area contributed by atoms with Gasteiger partial charge < -0.3 is 15.4 Å². The second-order valence-corrected chi connectivity index (χ2v) is 3.80. The van der Waals surface area contributed by atoms with Crippen LogP contribution >= 0.6 is 0 Å². The highest BCUT2D eigenvalue weighted by Crippen LogP contribution is 2.18. The standard InChI is InChI=1S/C12H19N3O2/c1-8-5-6-11(10(15-8)7-13-3)17-9(2)12(16)14-4/h5-6,9,13H,7H2,1-4H3,(H,14,16). The molecule has 1 heterocycles. The Balaban J connectivity index is 2.85. The SMILES string of the molecule is CNCc1nc(C)ccc1OC(C)C(=O)NC. The molecule has 1 atom stereocenters. The maximum atomic E-state index is 11.4. The maximum absolute atomic E-state index is 11.4. The minimum absolute atomic E-state index is 0.152. The second kappa shape index (κ2) is 6.20. The third-order valence-corrected chi connectivity index (χ3v) is 2.34. The van der Waals surface area contributed by atoms with Gasteiger partial charge in [0.2, 0.25) is 0 Å². The van der Waals surface area contributed by atoms with Gasteiger partial charge in [-0.3, -0.25) is 9.78 Å². The van der Waals surface area contributed by atoms with Gasteiger partial charge in [-0.25, -0.2) is 0 Å². The van der Waals surface area contributed by atoms with Crippen molar-refractivity contribution in [2.24, 2.45) is 0 Å². The summed E-state index contributed by atoms with van der Waals surface area (Å²) in [6.45, 7) is 4.24. The Labute approximate surface area is 102 Å². The fourth-order valence-corrected chi connectivity index (χ4v) is 1.45. The molecule has 94 valence electrons. The Morgan fingerprint density at radius 3 is 2.76 bits per heavy atom. The lowest BCUT2D eigenvalue weighted by atomic mass is 10.2. The number of nitrogens with one attached hydrogen (secondary N) is 2. The molecule has 1 aromatic rings. The lowest BCUT2D eigenvalue weighted by Gasteiger charge is -2.16. The highest BCUT2D eigenvalue weighted by Gasteiger charge is 2.15. The first-order chi connectivity index (χ1) is 8.08. The predicted octanol–water partition coefficient (Wildman–Crippen LogP) is 0.623. The summed E-state index contributed by atoms with van der Waals surface area (Å²) in [4.78, 5) is 15.8. The van der Waals surface area contributed by atoms with Gasteiger partial charge in [-0.1, -0.05) is 0 Å². The van der Waals surface area contributed by atoms with E-state index in [9.17, 15) is 4.79 Å². The monoisotopic (exact) mass is 237 g/mol. The number of carbonyl (C=O) groups is 1. The first-order valence-corrected chi connectivity index (χ1v) is 5.57. The molecule has 0 bridgehead atoms. The van der Waals surface area contributed by atoms with E-state index in [1.165, 1.54) is 0 Å². The number of hydrogen-bond donors (Lipinski definition) is 2. The molecular formula is C12H19N3O2. The van der Waals surface area contributed by atoms with E-state index in [0.29, 0.717) is 12.3 Å². The molecule has 2 N–H and O–H groups in total. The molecule has 0 aliphatic heterocycles. The van der Waals surface area contributed by atoms with E-state index in [2.05, 4.69) is 15.6 Å². The molecule has 17 heavy (non-hydrogen) atoms. The molecule has 0 aliphatic carbocycles. The Morgan fingerprint density at radius 2 is 2.18 bits per heavy atom. The van der Waals surface area contributed by atoms with Crippen LogP contribution in [0, 0.1) is 6.92 Å². The van der Waals surface area contributed by atoms with Crippen molar-refractivity contribution < 1.29 is 9.53 Å². The zero-order valence-electron chi connectivity index (χ0n) is 10.7. The summed E-state index contributed by atoms with van der Waals surface area (Å²) >= 11 is 0. The van der Waals surface area contributed by atoms with E-state index in [1.807, 2.05) is 26.1 Å². The van der Waals surface area contributed by atoms with Crippen LogP contribution in [0.15, 0.2) is 12.1 Å². The van der Waals surface area contributed by atoms with E-state index in [0.717, 1.165) is 11.4 Å². The number of nitrogens with zero attached hydrogens (tertiary/aromatic N) is 1. The van der Waals surface area contributed by atoms with E-state index in [4.69, 9.17) is 4.74 Å². The summed E-state index contributed by atoms with van der Waals surface area (Å²) in [5.74, 6) is 0.488. The highest BCUT2D eigenvalue weighted by atomic mass is 16.5. The van der Waals surface area contributed by atoms with Gasteiger partial charge in [0, 0.05) is 19.3 Å². The summed E-state index contributed by atoms with van der Waals surface area (Å²) in [5, 5.41) is 5.57. The number of carbonyl (C=O) groups excluding carboxylic acids is 1. The van der Waals surface area contributed by atoms with Gasteiger partial charge in [-0.05, 0) is 33.0 Å². The number of ether oxygens (including phenoxy) is 1. The van der Waals surface area contributed by atoms with Gasteiger partial charge in [0.25, 0.3) is 5.91 Å². The van der Waals surface area contributed by atoms with Crippen LogP contribution in [-0.4, -0.2) is 31.1 Å². The molecule has 1 amide bonds. The van der Waals surface area contributed by atoms with Crippen LogP contribution in [-0.2, 0) is 11.3 Å². The normalized spacial score (nSPS) is 12.0. The Morgan fingerprint density at radius 1 is 1.47 bits per heavy atom. The molecule has 0 fully saturated rings. The quantitative estimate of drug-likeness (QED) is 0.788. The molecule has 0 saturated carbocycles. The van der Waals surface area contributed by atoms with Gasteiger partial charge in [-0.15, -0.1) is 0 Å². The van der Waals surface area contributed by atoms with Crippen molar-refractivity contribution in [1.82, 2.24) is 15.6 Å². The number of aryl methyl sites for hydroxylation is 1. The van der Waals surface area contributed by atoms with Gasteiger partial charge in [0.05, 0.1) is 5.69 Å². The van der Waals surface area contributed by atoms with Crippen molar-refractivity contribution in [3.05, 3.63) is 23.5 Å². The molecule has 0 saturated heterocycles. The summed E-state index contributed by atoms with van der Waals surface area (Å²) in [5.41, 5.74) is 1.73. The number of pyridine rings is 1. The highest BCUT2D eigenvalue weighted by molar-refractivity contribution is 5.80. The molecule has 5 nitrogen and oxygen atoms in total. The van der Waals surface area contributed by atoms with E-state index < -0.39 is 6.10 Å². The Hall–Kier alpha value is -1.62. The molecular weight excluding hydrogens is 218 g/mol. The summed E-state index contributed by atoms with van der Waals surface area (Å²) in [6, 6.07) is 3.71. The summed E-state index contributed by atoms with van der Waals surface area (Å²) in [6.07, 6.45) is -0.528. The van der Waals surface area contributed by atoms with E-state index in [1.54, 1.807) is 14.0 Å². The average molecular weight is 237 g/mol. The van der Waals surface area contributed by atoms with Gasteiger partial charge >= 0.3 is 0 Å². The molecule has 0 spiro atoms. The number of aromatic nitrogens is 1. The minimum atomic E-state index is -0.528. The molecule has 5 heteroatoms. The lowest BCUT2D eigenvalue weighted by Crippen LogP contribution is -2.34. The lowest BCUT2D eigenvalue weighted by molar-refractivity contribution is -0.126. The van der Waals surface area contributed by atoms with Crippen LogP contribution in [0.5, 0.6) is 5.75 Å². The predicted molar refractivity (Wildman–Crippen MR) is 65.9 cm³/mol. The second-order valence-electron chi connectivity index (χ2n) is 3.80. The van der Waals surface area contributed by atoms with Crippen molar-refractivity contribution in [3.8, 4) is 5.75 Å². The van der Waals surface area contributed by atoms with Crippen molar-refractivity contribution >= 4 is 5.91 Å². The third-order valence-electron chi connectivity index (χ3n) is 2.34. The molecule has 0 radical (unpaired) electrons. The Bertz CT molecular complexity index is 393. The number of hydrogen-bond acceptors (Lipinski definition) is 4. The van der Waals surface area contributed by atoms with E-state index in [-0.39, 0.29) is 5.91 Å². The van der Waals surface area contributed by atoms with Gasteiger partial charge in [0.1, 0.15) is 5.75 Å². The molecule has 1 aromatic heterocycles. The number of rotatable bonds is 5.